The molecule has 0 aromatic heterocycles. The fourth-order valence-electron chi connectivity index (χ4n) is 3.27. The largest absolute Gasteiger partial charge is 0.374 e. The van der Waals surface area contributed by atoms with Crippen LogP contribution < -0.4 is 14.9 Å². The zero-order chi connectivity index (χ0) is 18.9. The minimum atomic E-state index is -3.30. The highest BCUT2D eigenvalue weighted by atomic mass is 32.2. The summed E-state index contributed by atoms with van der Waals surface area (Å²) in [5.41, 5.74) is 3.41. The van der Waals surface area contributed by atoms with Gasteiger partial charge in [0.1, 0.15) is 6.04 Å². The maximum Gasteiger partial charge on any atom is 0.249 e. The molecule has 2 aromatic rings. The van der Waals surface area contributed by atoms with Crippen LogP contribution >= 0.6 is 0 Å². The van der Waals surface area contributed by atoms with Crippen LogP contribution in [0.1, 0.15) is 19.4 Å². The van der Waals surface area contributed by atoms with Gasteiger partial charge in [0.2, 0.25) is 15.9 Å². The second kappa shape index (κ2) is 6.99. The normalized spacial score (nSPS) is 17.5. The van der Waals surface area contributed by atoms with Gasteiger partial charge in [-0.2, -0.15) is 0 Å². The number of carbonyl (C=O) groups is 1. The van der Waals surface area contributed by atoms with Crippen LogP contribution in [-0.4, -0.2) is 32.7 Å². The lowest BCUT2D eigenvalue weighted by Crippen LogP contribution is -2.44. The maximum absolute atomic E-state index is 12.9. The lowest BCUT2D eigenvalue weighted by molar-refractivity contribution is -0.119. The van der Waals surface area contributed by atoms with Crippen molar-refractivity contribution < 1.29 is 13.2 Å². The molecule has 2 aromatic carbocycles. The molecule has 6 nitrogen and oxygen atoms in total. The molecule has 0 aliphatic carbocycles. The molecule has 2 N–H and O–H groups in total. The standard InChI is InChI=1S/C19H23N3O3S/c1-13-12-15-6-4-5-7-18(15)22(13)19(23)14(2)20-16-8-10-17(11-9-16)21-26(3,24)25/h4-11,13-14,20-21H,12H2,1-3H3. The van der Waals surface area contributed by atoms with Gasteiger partial charge in [-0.05, 0) is 56.2 Å². The highest BCUT2D eigenvalue weighted by Crippen LogP contribution is 2.32. The zero-order valence-corrected chi connectivity index (χ0v) is 15.9. The maximum atomic E-state index is 12.9. The highest BCUT2D eigenvalue weighted by Gasteiger charge is 2.32. The van der Waals surface area contributed by atoms with Gasteiger partial charge in [-0.3, -0.25) is 9.52 Å². The van der Waals surface area contributed by atoms with Crippen LogP contribution in [0, 0.1) is 0 Å². The Morgan fingerprint density at radius 1 is 1.12 bits per heavy atom. The first-order chi connectivity index (χ1) is 12.2. The van der Waals surface area contributed by atoms with E-state index in [1.54, 1.807) is 24.3 Å². The first kappa shape index (κ1) is 18.3. The molecule has 1 heterocycles. The van der Waals surface area contributed by atoms with E-state index >= 15 is 0 Å². The van der Waals surface area contributed by atoms with Crippen LogP contribution in [0.3, 0.4) is 0 Å². The third-order valence-electron chi connectivity index (χ3n) is 4.39. The Morgan fingerprint density at radius 2 is 1.73 bits per heavy atom. The molecule has 0 saturated heterocycles. The van der Waals surface area contributed by atoms with Gasteiger partial charge >= 0.3 is 0 Å². The molecule has 0 spiro atoms. The van der Waals surface area contributed by atoms with E-state index in [1.165, 1.54) is 5.56 Å². The molecule has 138 valence electrons. The van der Waals surface area contributed by atoms with Crippen molar-refractivity contribution in [1.29, 1.82) is 0 Å². The summed E-state index contributed by atoms with van der Waals surface area (Å²) in [5.74, 6) is 0.0146. The van der Waals surface area contributed by atoms with Gasteiger partial charge in [0.25, 0.3) is 0 Å². The van der Waals surface area contributed by atoms with Crippen molar-refractivity contribution in [2.75, 3.05) is 21.2 Å². The van der Waals surface area contributed by atoms with Crippen LogP contribution in [0.15, 0.2) is 48.5 Å². The van der Waals surface area contributed by atoms with E-state index < -0.39 is 16.1 Å². The number of hydrogen-bond donors (Lipinski definition) is 2. The topological polar surface area (TPSA) is 78.5 Å². The average Bonchev–Trinajstić information content (AvgIpc) is 2.90. The van der Waals surface area contributed by atoms with Gasteiger partial charge in [0.05, 0.1) is 6.26 Å². The van der Waals surface area contributed by atoms with E-state index in [0.717, 1.165) is 24.1 Å². The lowest BCUT2D eigenvalue weighted by atomic mass is 10.1. The van der Waals surface area contributed by atoms with Crippen molar-refractivity contribution in [2.45, 2.75) is 32.4 Å². The molecule has 1 aliphatic rings. The SMILES string of the molecule is CC(Nc1ccc(NS(C)(=O)=O)cc1)C(=O)N1c2ccccc2CC1C. The Kier molecular flexibility index (Phi) is 4.91. The van der Waals surface area contributed by atoms with Gasteiger partial charge in [-0.15, -0.1) is 0 Å². The third kappa shape index (κ3) is 3.99. The summed E-state index contributed by atoms with van der Waals surface area (Å²) < 4.78 is 24.9. The molecular weight excluding hydrogens is 350 g/mol. The molecule has 0 radical (unpaired) electrons. The summed E-state index contributed by atoms with van der Waals surface area (Å²) in [4.78, 5) is 14.8. The molecule has 1 amide bonds. The molecule has 2 atom stereocenters. The van der Waals surface area contributed by atoms with E-state index in [0.29, 0.717) is 5.69 Å². The number of anilines is 3. The van der Waals surface area contributed by atoms with E-state index in [2.05, 4.69) is 23.0 Å². The molecule has 0 saturated carbocycles. The summed E-state index contributed by atoms with van der Waals surface area (Å²) in [7, 11) is -3.30. The number of hydrogen-bond acceptors (Lipinski definition) is 4. The Bertz CT molecular complexity index is 910. The molecule has 0 fully saturated rings. The number of carbonyl (C=O) groups excluding carboxylic acids is 1. The molecule has 7 heteroatoms. The van der Waals surface area contributed by atoms with Gasteiger partial charge in [-0.25, -0.2) is 8.42 Å². The van der Waals surface area contributed by atoms with Gasteiger partial charge in [-0.1, -0.05) is 18.2 Å². The average molecular weight is 373 g/mol. The van der Waals surface area contributed by atoms with Crippen LogP contribution in [0.25, 0.3) is 0 Å². The summed E-state index contributed by atoms with van der Waals surface area (Å²) >= 11 is 0. The van der Waals surface area contributed by atoms with Crippen LogP contribution in [-0.2, 0) is 21.2 Å². The summed E-state index contributed by atoms with van der Waals surface area (Å²) in [6.07, 6.45) is 1.97. The number of nitrogens with one attached hydrogen (secondary N) is 2. The predicted octanol–water partition coefficient (Wildman–Crippen LogP) is 2.84. The molecule has 2 unspecified atom stereocenters. The number of rotatable bonds is 5. The number of benzene rings is 2. The quantitative estimate of drug-likeness (QED) is 0.845. The molecule has 26 heavy (non-hydrogen) atoms. The Balaban J connectivity index is 1.70. The predicted molar refractivity (Wildman–Crippen MR) is 105 cm³/mol. The summed E-state index contributed by atoms with van der Waals surface area (Å²) in [6, 6.07) is 14.5. The van der Waals surface area contributed by atoms with Crippen molar-refractivity contribution in [3.05, 3.63) is 54.1 Å². The molecule has 1 aliphatic heterocycles. The van der Waals surface area contributed by atoms with Crippen LogP contribution in [0.4, 0.5) is 17.1 Å². The summed E-state index contributed by atoms with van der Waals surface area (Å²) in [5, 5.41) is 3.19. The number of para-hydroxylation sites is 1. The summed E-state index contributed by atoms with van der Waals surface area (Å²) in [6.45, 7) is 3.88. The zero-order valence-electron chi connectivity index (χ0n) is 15.1. The molecule has 3 rings (SSSR count). The Labute approximate surface area is 154 Å². The van der Waals surface area contributed by atoms with Gasteiger partial charge in [0.15, 0.2) is 0 Å². The first-order valence-corrected chi connectivity index (χ1v) is 10.4. The first-order valence-electron chi connectivity index (χ1n) is 8.50. The minimum absolute atomic E-state index is 0.0146. The van der Waals surface area contributed by atoms with E-state index in [4.69, 9.17) is 0 Å². The van der Waals surface area contributed by atoms with Crippen molar-refractivity contribution in [3.63, 3.8) is 0 Å². The Morgan fingerprint density at radius 3 is 2.38 bits per heavy atom. The number of nitrogens with zero attached hydrogens (tertiary/aromatic N) is 1. The Hall–Kier alpha value is -2.54. The van der Waals surface area contributed by atoms with Crippen LogP contribution in [0.2, 0.25) is 0 Å². The second-order valence-corrected chi connectivity index (χ2v) is 8.46. The van der Waals surface area contributed by atoms with Crippen LogP contribution in [0.5, 0.6) is 0 Å². The molecule has 0 bridgehead atoms. The van der Waals surface area contributed by atoms with Gasteiger partial charge in [0, 0.05) is 23.1 Å². The monoisotopic (exact) mass is 373 g/mol. The van der Waals surface area contributed by atoms with Crippen molar-refractivity contribution >= 4 is 33.0 Å². The van der Waals surface area contributed by atoms with E-state index in [-0.39, 0.29) is 11.9 Å². The molecular formula is C19H23N3O3S. The second-order valence-electron chi connectivity index (χ2n) is 6.71. The highest BCUT2D eigenvalue weighted by molar-refractivity contribution is 7.92. The fraction of sp³-hybridized carbons (Fsp3) is 0.316. The third-order valence-corrected chi connectivity index (χ3v) is 4.99. The smallest absolute Gasteiger partial charge is 0.249 e. The number of fused-ring (bicyclic) bond motifs is 1. The fourth-order valence-corrected chi connectivity index (χ4v) is 3.83. The lowest BCUT2D eigenvalue weighted by Gasteiger charge is -2.27. The van der Waals surface area contributed by atoms with Crippen molar-refractivity contribution in [2.24, 2.45) is 0 Å². The number of sulfonamides is 1. The van der Waals surface area contributed by atoms with Crippen molar-refractivity contribution in [3.8, 4) is 0 Å². The number of amides is 1. The van der Waals surface area contributed by atoms with Crippen molar-refractivity contribution in [1.82, 2.24) is 0 Å². The minimum Gasteiger partial charge on any atom is -0.374 e. The van der Waals surface area contributed by atoms with Gasteiger partial charge < -0.3 is 10.2 Å². The van der Waals surface area contributed by atoms with E-state index in [9.17, 15) is 13.2 Å². The van der Waals surface area contributed by atoms with E-state index in [1.807, 2.05) is 30.0 Å².